The molecule has 0 aliphatic carbocycles. The van der Waals surface area contributed by atoms with Crippen LogP contribution in [0.5, 0.6) is 0 Å². The van der Waals surface area contributed by atoms with Crippen molar-refractivity contribution in [3.8, 4) is 0 Å². The Kier molecular flexibility index (Phi) is 12.6. The molecule has 0 saturated carbocycles. The lowest BCUT2D eigenvalue weighted by Crippen LogP contribution is -2.15. The van der Waals surface area contributed by atoms with E-state index in [2.05, 4.69) is 13.8 Å². The first-order valence-electron chi connectivity index (χ1n) is 6.36. The summed E-state index contributed by atoms with van der Waals surface area (Å²) < 4.78 is 30.8. The van der Waals surface area contributed by atoms with Gasteiger partial charge in [-0.15, -0.1) is 0 Å². The highest BCUT2D eigenvalue weighted by Crippen LogP contribution is 2.04. The number of Topliss-reactive ketones (excluding diaryl/α,β-unsaturated/α-hetero) is 1. The monoisotopic (exact) mass is 311 g/mol. The van der Waals surface area contributed by atoms with Crippen molar-refractivity contribution < 1.29 is 27.3 Å². The Bertz CT molecular complexity index is 369. The molecule has 0 aromatic rings. The van der Waals surface area contributed by atoms with Crippen molar-refractivity contribution in [1.82, 2.24) is 0 Å². The maximum Gasteiger partial charge on any atom is 0.306 e. The Balaban J connectivity index is 0. The quantitative estimate of drug-likeness (QED) is 0.385. The lowest BCUT2D eigenvalue weighted by molar-refractivity contribution is -0.144. The molecule has 8 heteroatoms. The van der Waals surface area contributed by atoms with Crippen molar-refractivity contribution in [3.63, 3.8) is 0 Å². The SMILES string of the molecule is CC(C)CCCOC(=O)CCC(=O)CN.CS(=O)(=O)O. The van der Waals surface area contributed by atoms with Crippen LogP contribution in [-0.2, 0) is 24.4 Å². The summed E-state index contributed by atoms with van der Waals surface area (Å²) in [6.07, 6.45) is 2.99. The van der Waals surface area contributed by atoms with Crippen molar-refractivity contribution >= 4 is 21.9 Å². The van der Waals surface area contributed by atoms with E-state index in [0.29, 0.717) is 18.8 Å². The van der Waals surface area contributed by atoms with Crippen molar-refractivity contribution in [2.45, 2.75) is 39.5 Å². The molecule has 3 N–H and O–H groups in total. The van der Waals surface area contributed by atoms with E-state index in [4.69, 9.17) is 15.0 Å². The third-order valence-corrected chi connectivity index (χ3v) is 2.02. The van der Waals surface area contributed by atoms with Gasteiger partial charge >= 0.3 is 5.97 Å². The van der Waals surface area contributed by atoms with Crippen molar-refractivity contribution in [3.05, 3.63) is 0 Å². The molecule has 0 aromatic heterocycles. The lowest BCUT2D eigenvalue weighted by atomic mass is 10.1. The zero-order valence-corrected chi connectivity index (χ0v) is 13.1. The fourth-order valence-corrected chi connectivity index (χ4v) is 1.09. The normalized spacial score (nSPS) is 10.7. The molecule has 0 fully saturated rings. The van der Waals surface area contributed by atoms with Crippen LogP contribution in [0.1, 0.15) is 39.5 Å². The van der Waals surface area contributed by atoms with Crippen LogP contribution < -0.4 is 5.73 Å². The van der Waals surface area contributed by atoms with Crippen LogP contribution >= 0.6 is 0 Å². The number of esters is 1. The molecule has 0 amide bonds. The third-order valence-electron chi connectivity index (χ3n) is 2.02. The van der Waals surface area contributed by atoms with Gasteiger partial charge in [-0.25, -0.2) is 0 Å². The van der Waals surface area contributed by atoms with Crippen molar-refractivity contribution in [1.29, 1.82) is 0 Å². The first-order chi connectivity index (χ1) is 9.06. The molecule has 7 nitrogen and oxygen atoms in total. The average Bonchev–Trinajstić information content (AvgIpc) is 2.29. The second-order valence-corrected chi connectivity index (χ2v) is 6.20. The zero-order chi connectivity index (χ0) is 16.2. The number of carbonyl (C=O) groups excluding carboxylic acids is 2. The van der Waals surface area contributed by atoms with Gasteiger partial charge in [-0.2, -0.15) is 8.42 Å². The minimum atomic E-state index is -3.67. The number of hydrogen-bond donors (Lipinski definition) is 2. The first kappa shape index (κ1) is 21.3. The van der Waals surface area contributed by atoms with E-state index < -0.39 is 10.1 Å². The van der Waals surface area contributed by atoms with Crippen molar-refractivity contribution in [2.24, 2.45) is 11.7 Å². The van der Waals surface area contributed by atoms with E-state index in [1.165, 1.54) is 0 Å². The second kappa shape index (κ2) is 11.8. The second-order valence-electron chi connectivity index (χ2n) is 4.73. The maximum absolute atomic E-state index is 11.1. The summed E-state index contributed by atoms with van der Waals surface area (Å²) >= 11 is 0. The van der Waals surface area contributed by atoms with Gasteiger partial charge in [0.25, 0.3) is 10.1 Å². The molecular weight excluding hydrogens is 286 g/mol. The van der Waals surface area contributed by atoms with Crippen LogP contribution in [0, 0.1) is 5.92 Å². The van der Waals surface area contributed by atoms with Crippen LogP contribution in [0.15, 0.2) is 0 Å². The van der Waals surface area contributed by atoms with Crippen LogP contribution in [0.25, 0.3) is 0 Å². The van der Waals surface area contributed by atoms with Gasteiger partial charge < -0.3 is 10.5 Å². The number of ketones is 1. The summed E-state index contributed by atoms with van der Waals surface area (Å²) in [4.78, 5) is 21.9. The molecule has 120 valence electrons. The Labute approximate surface area is 120 Å². The largest absolute Gasteiger partial charge is 0.466 e. The van der Waals surface area contributed by atoms with Gasteiger partial charge in [0.15, 0.2) is 0 Å². The average molecular weight is 311 g/mol. The molecule has 0 atom stereocenters. The van der Waals surface area contributed by atoms with Gasteiger partial charge in [0.05, 0.1) is 25.8 Å². The summed E-state index contributed by atoms with van der Waals surface area (Å²) in [6, 6.07) is 0. The van der Waals surface area contributed by atoms with Gasteiger partial charge in [0.2, 0.25) is 0 Å². The molecular formula is C12H25NO6S. The Hall–Kier alpha value is -0.990. The molecule has 20 heavy (non-hydrogen) atoms. The maximum atomic E-state index is 11.1. The van der Waals surface area contributed by atoms with Crippen LogP contribution in [0.2, 0.25) is 0 Å². The molecule has 0 aliphatic rings. The molecule has 0 radical (unpaired) electrons. The summed E-state index contributed by atoms with van der Waals surface area (Å²) in [5.74, 6) is 0.220. The molecule has 0 saturated heterocycles. The van der Waals surface area contributed by atoms with Crippen LogP contribution in [0.3, 0.4) is 0 Å². The molecule has 0 rings (SSSR count). The fourth-order valence-electron chi connectivity index (χ4n) is 1.09. The van der Waals surface area contributed by atoms with Gasteiger partial charge in [0, 0.05) is 6.42 Å². The van der Waals surface area contributed by atoms with E-state index >= 15 is 0 Å². The zero-order valence-electron chi connectivity index (χ0n) is 12.3. The number of carbonyl (C=O) groups is 2. The predicted molar refractivity (Wildman–Crippen MR) is 75.8 cm³/mol. The van der Waals surface area contributed by atoms with E-state index in [1.54, 1.807) is 0 Å². The molecule has 0 spiro atoms. The minimum Gasteiger partial charge on any atom is -0.466 e. The molecule has 0 aliphatic heterocycles. The summed E-state index contributed by atoms with van der Waals surface area (Å²) in [5, 5.41) is 0. The van der Waals surface area contributed by atoms with Gasteiger partial charge in [0.1, 0.15) is 5.78 Å². The highest BCUT2D eigenvalue weighted by molar-refractivity contribution is 7.85. The number of rotatable bonds is 8. The molecule has 0 aromatic carbocycles. The number of hydrogen-bond acceptors (Lipinski definition) is 6. The molecule has 0 bridgehead atoms. The van der Waals surface area contributed by atoms with Gasteiger partial charge in [-0.1, -0.05) is 13.8 Å². The Morgan fingerprint density at radius 2 is 1.75 bits per heavy atom. The Morgan fingerprint density at radius 1 is 1.25 bits per heavy atom. The molecule has 0 heterocycles. The first-order valence-corrected chi connectivity index (χ1v) is 8.21. The third kappa shape index (κ3) is 25.8. The molecule has 0 unspecified atom stereocenters. The fraction of sp³-hybridized carbons (Fsp3) is 0.833. The standard InChI is InChI=1S/C11H21NO3.CH4O3S/c1-9(2)4-3-7-15-11(14)6-5-10(13)8-12;1-5(2,3)4/h9H,3-8,12H2,1-2H3;1H3,(H,2,3,4). The predicted octanol–water partition coefficient (Wildman–Crippen LogP) is 0.778. The number of ether oxygens (including phenoxy) is 1. The van der Waals surface area contributed by atoms with E-state index in [-0.39, 0.29) is 31.1 Å². The highest BCUT2D eigenvalue weighted by Gasteiger charge is 2.06. The van der Waals surface area contributed by atoms with Crippen LogP contribution in [-0.4, -0.2) is 44.1 Å². The summed E-state index contributed by atoms with van der Waals surface area (Å²) in [7, 11) is -3.67. The van der Waals surface area contributed by atoms with Crippen molar-refractivity contribution in [2.75, 3.05) is 19.4 Å². The van der Waals surface area contributed by atoms with E-state index in [9.17, 15) is 18.0 Å². The van der Waals surface area contributed by atoms with Gasteiger partial charge in [-0.05, 0) is 18.8 Å². The number of nitrogens with two attached hydrogens (primary N) is 1. The van der Waals surface area contributed by atoms with E-state index in [0.717, 1.165) is 12.8 Å². The summed E-state index contributed by atoms with van der Waals surface area (Å²) in [6.45, 7) is 4.71. The van der Waals surface area contributed by atoms with Gasteiger partial charge in [-0.3, -0.25) is 14.1 Å². The summed E-state index contributed by atoms with van der Waals surface area (Å²) in [5.41, 5.74) is 5.11. The lowest BCUT2D eigenvalue weighted by Gasteiger charge is -2.05. The van der Waals surface area contributed by atoms with E-state index in [1.807, 2.05) is 0 Å². The highest BCUT2D eigenvalue weighted by atomic mass is 32.2. The smallest absolute Gasteiger partial charge is 0.306 e. The topological polar surface area (TPSA) is 124 Å². The minimum absolute atomic E-state index is 0.000624. The van der Waals surface area contributed by atoms with Crippen LogP contribution in [0.4, 0.5) is 0 Å². The Morgan fingerprint density at radius 3 is 2.15 bits per heavy atom.